The van der Waals surface area contributed by atoms with Gasteiger partial charge < -0.3 is 10.2 Å². The standard InChI is InChI=1S/C22H23N3OS.2ClH/c26-21(25-11-8-22(9-12-25)7-10-23-15-22)17-14-19(20-6-3-13-27-20)24-18-5-2-1-4-16(17)18;;/h1-6,13-14,23H,7-12,15H2;2*1H. The molecular weight excluding hydrogens is 425 g/mol. The van der Waals surface area contributed by atoms with Crippen LogP contribution in [0, 0.1) is 5.41 Å². The third kappa shape index (κ3) is 4.15. The van der Waals surface area contributed by atoms with Crippen LogP contribution in [0.4, 0.5) is 0 Å². The van der Waals surface area contributed by atoms with Crippen molar-refractivity contribution >= 4 is 53.0 Å². The maximum Gasteiger partial charge on any atom is 0.254 e. The van der Waals surface area contributed by atoms with E-state index in [1.165, 1.54) is 6.42 Å². The van der Waals surface area contributed by atoms with E-state index in [-0.39, 0.29) is 30.7 Å². The molecule has 0 saturated carbocycles. The number of aromatic nitrogens is 1. The zero-order valence-corrected chi connectivity index (χ0v) is 18.5. The monoisotopic (exact) mass is 449 g/mol. The molecule has 0 bridgehead atoms. The lowest BCUT2D eigenvalue weighted by Crippen LogP contribution is -2.44. The summed E-state index contributed by atoms with van der Waals surface area (Å²) in [7, 11) is 0. The topological polar surface area (TPSA) is 45.2 Å². The molecule has 5 rings (SSSR count). The van der Waals surface area contributed by atoms with Gasteiger partial charge in [-0.25, -0.2) is 4.98 Å². The molecule has 2 fully saturated rings. The number of thiophene rings is 1. The fraction of sp³-hybridized carbons (Fsp3) is 0.364. The fourth-order valence-electron chi connectivity index (χ4n) is 4.48. The molecule has 0 radical (unpaired) electrons. The molecule has 2 saturated heterocycles. The van der Waals surface area contributed by atoms with Gasteiger partial charge >= 0.3 is 0 Å². The van der Waals surface area contributed by atoms with E-state index in [9.17, 15) is 4.79 Å². The Hall–Kier alpha value is -1.66. The zero-order valence-electron chi connectivity index (χ0n) is 16.1. The second-order valence-corrected chi connectivity index (χ2v) is 8.72. The number of hydrogen-bond acceptors (Lipinski definition) is 4. The third-order valence-electron chi connectivity index (χ3n) is 6.16. The number of likely N-dealkylation sites (tertiary alicyclic amines) is 1. The van der Waals surface area contributed by atoms with Gasteiger partial charge in [0.1, 0.15) is 0 Å². The minimum atomic E-state index is 0. The Balaban J connectivity index is 0.00000120. The number of benzene rings is 1. The summed E-state index contributed by atoms with van der Waals surface area (Å²) >= 11 is 1.66. The number of para-hydroxylation sites is 1. The highest BCUT2D eigenvalue weighted by Gasteiger charge is 2.38. The summed E-state index contributed by atoms with van der Waals surface area (Å²) in [4.78, 5) is 21.4. The Morgan fingerprint density at radius 1 is 1.07 bits per heavy atom. The van der Waals surface area contributed by atoms with Crippen molar-refractivity contribution in [1.29, 1.82) is 0 Å². The average molecular weight is 450 g/mol. The van der Waals surface area contributed by atoms with Gasteiger partial charge in [-0.1, -0.05) is 24.3 Å². The molecule has 1 amide bonds. The molecule has 2 aliphatic heterocycles. The van der Waals surface area contributed by atoms with Crippen molar-refractivity contribution in [2.45, 2.75) is 19.3 Å². The van der Waals surface area contributed by atoms with Crippen LogP contribution in [0.15, 0.2) is 47.8 Å². The van der Waals surface area contributed by atoms with Crippen LogP contribution in [-0.4, -0.2) is 42.0 Å². The average Bonchev–Trinajstić information content (AvgIpc) is 3.40. The summed E-state index contributed by atoms with van der Waals surface area (Å²) in [6, 6.07) is 14.1. The van der Waals surface area contributed by atoms with Gasteiger partial charge in [0.2, 0.25) is 0 Å². The molecule has 0 aliphatic carbocycles. The number of carbonyl (C=O) groups excluding carboxylic acids is 1. The largest absolute Gasteiger partial charge is 0.339 e. The summed E-state index contributed by atoms with van der Waals surface area (Å²) < 4.78 is 0. The summed E-state index contributed by atoms with van der Waals surface area (Å²) in [6.07, 6.45) is 3.45. The van der Waals surface area contributed by atoms with E-state index in [1.807, 2.05) is 46.7 Å². The third-order valence-corrected chi connectivity index (χ3v) is 7.06. The normalized spacial score (nSPS) is 17.7. The van der Waals surface area contributed by atoms with Crippen molar-refractivity contribution in [3.05, 3.63) is 53.4 Å². The SMILES string of the molecule is Cl.Cl.O=C(c1cc(-c2cccs2)nc2ccccc12)N1CCC2(CCNC2)CC1. The molecule has 1 N–H and O–H groups in total. The lowest BCUT2D eigenvalue weighted by Gasteiger charge is -2.39. The summed E-state index contributed by atoms with van der Waals surface area (Å²) in [5.74, 6) is 0.146. The van der Waals surface area contributed by atoms with Crippen LogP contribution >= 0.6 is 36.2 Å². The quantitative estimate of drug-likeness (QED) is 0.596. The van der Waals surface area contributed by atoms with Gasteiger partial charge in [0.25, 0.3) is 5.91 Å². The Morgan fingerprint density at radius 3 is 2.55 bits per heavy atom. The lowest BCUT2D eigenvalue weighted by atomic mass is 9.77. The smallest absolute Gasteiger partial charge is 0.254 e. The molecular formula is C22H25Cl2N3OS. The fourth-order valence-corrected chi connectivity index (χ4v) is 5.17. The van der Waals surface area contributed by atoms with Gasteiger partial charge in [0, 0.05) is 25.0 Å². The number of amides is 1. The second-order valence-electron chi connectivity index (χ2n) is 7.77. The van der Waals surface area contributed by atoms with E-state index in [0.29, 0.717) is 5.41 Å². The van der Waals surface area contributed by atoms with Crippen LogP contribution in [0.5, 0.6) is 0 Å². The number of nitrogens with one attached hydrogen (secondary N) is 1. The Bertz CT molecular complexity index is 977. The van der Waals surface area contributed by atoms with Crippen molar-refractivity contribution in [2.75, 3.05) is 26.2 Å². The molecule has 0 atom stereocenters. The van der Waals surface area contributed by atoms with Crippen LogP contribution in [0.25, 0.3) is 21.5 Å². The van der Waals surface area contributed by atoms with Crippen LogP contribution < -0.4 is 5.32 Å². The molecule has 7 heteroatoms. The number of pyridine rings is 1. The maximum atomic E-state index is 13.4. The first-order chi connectivity index (χ1) is 13.2. The van der Waals surface area contributed by atoms with Gasteiger partial charge in [0.15, 0.2) is 0 Å². The molecule has 1 spiro atoms. The lowest BCUT2D eigenvalue weighted by molar-refractivity contribution is 0.0609. The summed E-state index contributed by atoms with van der Waals surface area (Å²) in [5.41, 5.74) is 2.98. The van der Waals surface area contributed by atoms with Crippen LogP contribution in [0.3, 0.4) is 0 Å². The van der Waals surface area contributed by atoms with Crippen LogP contribution in [-0.2, 0) is 0 Å². The number of fused-ring (bicyclic) bond motifs is 1. The van der Waals surface area contributed by atoms with Crippen molar-refractivity contribution in [1.82, 2.24) is 15.2 Å². The second kappa shape index (κ2) is 9.00. The molecule has 4 nitrogen and oxygen atoms in total. The number of piperidine rings is 1. The summed E-state index contributed by atoms with van der Waals surface area (Å²) in [6.45, 7) is 3.93. The number of hydrogen-bond donors (Lipinski definition) is 1. The highest BCUT2D eigenvalue weighted by molar-refractivity contribution is 7.13. The first-order valence-corrected chi connectivity index (χ1v) is 10.6. The molecule has 2 aromatic heterocycles. The van der Waals surface area contributed by atoms with Crippen molar-refractivity contribution in [3.8, 4) is 10.6 Å². The number of rotatable bonds is 2. The molecule has 0 unspecified atom stereocenters. The first-order valence-electron chi connectivity index (χ1n) is 9.68. The predicted molar refractivity (Wildman–Crippen MR) is 125 cm³/mol. The van der Waals surface area contributed by atoms with Gasteiger partial charge in [-0.3, -0.25) is 4.79 Å². The zero-order chi connectivity index (χ0) is 18.3. The Labute approximate surface area is 187 Å². The minimum absolute atomic E-state index is 0. The van der Waals surface area contributed by atoms with Crippen molar-refractivity contribution in [3.63, 3.8) is 0 Å². The molecule has 3 aromatic rings. The maximum absolute atomic E-state index is 13.4. The van der Waals surface area contributed by atoms with E-state index >= 15 is 0 Å². The molecule has 2 aliphatic rings. The van der Waals surface area contributed by atoms with Gasteiger partial charge in [-0.05, 0) is 54.8 Å². The van der Waals surface area contributed by atoms with Gasteiger partial charge in [-0.2, -0.15) is 0 Å². The van der Waals surface area contributed by atoms with Gasteiger partial charge in [-0.15, -0.1) is 36.2 Å². The molecule has 1 aromatic carbocycles. The van der Waals surface area contributed by atoms with Gasteiger partial charge in [0.05, 0.1) is 21.7 Å². The number of nitrogens with zero attached hydrogens (tertiary/aromatic N) is 2. The van der Waals surface area contributed by atoms with E-state index in [2.05, 4.69) is 11.4 Å². The highest BCUT2D eigenvalue weighted by Crippen LogP contribution is 2.37. The van der Waals surface area contributed by atoms with Crippen molar-refractivity contribution < 1.29 is 4.79 Å². The van der Waals surface area contributed by atoms with Crippen LogP contribution in [0.2, 0.25) is 0 Å². The predicted octanol–water partition coefficient (Wildman–Crippen LogP) is 5.02. The molecule has 29 heavy (non-hydrogen) atoms. The number of carbonyl (C=O) groups is 1. The molecule has 4 heterocycles. The Kier molecular flexibility index (Phi) is 6.84. The van der Waals surface area contributed by atoms with E-state index in [1.54, 1.807) is 11.3 Å². The molecule has 154 valence electrons. The first kappa shape index (κ1) is 22.0. The summed E-state index contributed by atoms with van der Waals surface area (Å²) in [5, 5.41) is 6.49. The van der Waals surface area contributed by atoms with Crippen molar-refractivity contribution in [2.24, 2.45) is 5.41 Å². The number of halogens is 2. The van der Waals surface area contributed by atoms with Crippen LogP contribution in [0.1, 0.15) is 29.6 Å². The van der Waals surface area contributed by atoms with E-state index < -0.39 is 0 Å². The highest BCUT2D eigenvalue weighted by atomic mass is 35.5. The van der Waals surface area contributed by atoms with E-state index in [0.717, 1.165) is 66.1 Å². The minimum Gasteiger partial charge on any atom is -0.339 e. The Morgan fingerprint density at radius 2 is 1.86 bits per heavy atom. The van der Waals surface area contributed by atoms with E-state index in [4.69, 9.17) is 4.98 Å².